The summed E-state index contributed by atoms with van der Waals surface area (Å²) in [5.74, 6) is -0.412. The number of rotatable bonds is 6. The van der Waals surface area contributed by atoms with Gasteiger partial charge in [0.2, 0.25) is 0 Å². The zero-order valence-electron chi connectivity index (χ0n) is 20.4. The standard InChI is InChI=1S/C28H25ClN4O3/c1-17(2)15-32-27(34)22(18(3)23(14-30)28(32)35)12-20-16-33(21-8-6-5-7-9-21)31-26(20)19-10-11-25(36-4)24(29)13-19/h5-13,16-17H,15H2,1-4H3/b22-12+. The van der Waals surface area contributed by atoms with E-state index in [4.69, 9.17) is 21.4 Å². The van der Waals surface area contributed by atoms with Crippen LogP contribution in [-0.2, 0) is 9.59 Å². The van der Waals surface area contributed by atoms with Gasteiger partial charge in [0.05, 0.1) is 17.8 Å². The number of hydrogen-bond donors (Lipinski definition) is 0. The van der Waals surface area contributed by atoms with Crippen molar-refractivity contribution in [3.63, 3.8) is 0 Å². The van der Waals surface area contributed by atoms with Crippen LogP contribution in [0.3, 0.4) is 0 Å². The van der Waals surface area contributed by atoms with E-state index in [0.29, 0.717) is 27.6 Å². The van der Waals surface area contributed by atoms with Crippen LogP contribution >= 0.6 is 11.6 Å². The van der Waals surface area contributed by atoms with Crippen LogP contribution in [0.25, 0.3) is 23.0 Å². The third-order valence-electron chi connectivity index (χ3n) is 5.86. The Labute approximate surface area is 214 Å². The molecule has 0 spiro atoms. The molecular formula is C28H25ClN4O3. The molecule has 7 nitrogen and oxygen atoms in total. The summed E-state index contributed by atoms with van der Waals surface area (Å²) in [4.78, 5) is 27.4. The average molecular weight is 501 g/mol. The Morgan fingerprint density at radius 1 is 1.14 bits per heavy atom. The van der Waals surface area contributed by atoms with Crippen LogP contribution < -0.4 is 4.74 Å². The van der Waals surface area contributed by atoms with Gasteiger partial charge in [0.15, 0.2) is 0 Å². The lowest BCUT2D eigenvalue weighted by Gasteiger charge is -2.28. The minimum atomic E-state index is -0.562. The van der Waals surface area contributed by atoms with E-state index in [1.165, 1.54) is 0 Å². The highest BCUT2D eigenvalue weighted by Crippen LogP contribution is 2.34. The number of carbonyl (C=O) groups is 2. The predicted molar refractivity (Wildman–Crippen MR) is 138 cm³/mol. The molecule has 0 saturated carbocycles. The number of carbonyl (C=O) groups excluding carboxylic acids is 2. The number of nitrogens with zero attached hydrogens (tertiary/aromatic N) is 4. The highest BCUT2D eigenvalue weighted by Gasteiger charge is 2.36. The van der Waals surface area contributed by atoms with Crippen LogP contribution in [0.15, 0.2) is 71.4 Å². The predicted octanol–water partition coefficient (Wildman–Crippen LogP) is 5.45. The van der Waals surface area contributed by atoms with Gasteiger partial charge in [0.25, 0.3) is 11.8 Å². The topological polar surface area (TPSA) is 88.2 Å². The number of imide groups is 1. The molecule has 0 unspecified atom stereocenters. The molecule has 2 aromatic carbocycles. The summed E-state index contributed by atoms with van der Waals surface area (Å²) in [6, 6.07) is 16.9. The molecular weight excluding hydrogens is 476 g/mol. The normalized spacial score (nSPS) is 15.1. The molecule has 0 aliphatic carbocycles. The molecule has 2 amide bonds. The highest BCUT2D eigenvalue weighted by molar-refractivity contribution is 6.32. The Balaban J connectivity index is 1.92. The molecule has 182 valence electrons. The number of amides is 2. The largest absolute Gasteiger partial charge is 0.495 e. The highest BCUT2D eigenvalue weighted by atomic mass is 35.5. The number of methoxy groups -OCH3 is 1. The van der Waals surface area contributed by atoms with Crippen LogP contribution in [-0.4, -0.2) is 40.1 Å². The van der Waals surface area contributed by atoms with Gasteiger partial charge in [0, 0.05) is 29.4 Å². The first-order valence-corrected chi connectivity index (χ1v) is 11.8. The summed E-state index contributed by atoms with van der Waals surface area (Å²) in [5.41, 5.74) is 3.37. The monoisotopic (exact) mass is 500 g/mol. The van der Waals surface area contributed by atoms with Gasteiger partial charge >= 0.3 is 0 Å². The first-order chi connectivity index (χ1) is 17.2. The van der Waals surface area contributed by atoms with Crippen molar-refractivity contribution in [1.29, 1.82) is 5.26 Å². The molecule has 3 aromatic rings. The zero-order chi connectivity index (χ0) is 26.0. The molecule has 4 rings (SSSR count). The number of benzene rings is 2. The summed E-state index contributed by atoms with van der Waals surface area (Å²) in [7, 11) is 1.54. The Bertz CT molecular complexity index is 1450. The van der Waals surface area contributed by atoms with Gasteiger partial charge in [-0.05, 0) is 54.8 Å². The maximum absolute atomic E-state index is 13.4. The number of hydrogen-bond acceptors (Lipinski definition) is 5. The van der Waals surface area contributed by atoms with Gasteiger partial charge in [-0.15, -0.1) is 0 Å². The van der Waals surface area contributed by atoms with Gasteiger partial charge in [-0.1, -0.05) is 43.6 Å². The smallest absolute Gasteiger partial charge is 0.271 e. The van der Waals surface area contributed by atoms with Crippen molar-refractivity contribution >= 4 is 29.5 Å². The summed E-state index contributed by atoms with van der Waals surface area (Å²) >= 11 is 6.40. The fourth-order valence-electron chi connectivity index (χ4n) is 4.06. The van der Waals surface area contributed by atoms with Crippen molar-refractivity contribution in [2.24, 2.45) is 5.92 Å². The molecule has 1 aliphatic heterocycles. The fourth-order valence-corrected chi connectivity index (χ4v) is 4.32. The van der Waals surface area contributed by atoms with Crippen molar-refractivity contribution in [2.45, 2.75) is 20.8 Å². The first-order valence-electron chi connectivity index (χ1n) is 11.4. The molecule has 8 heteroatoms. The lowest BCUT2D eigenvalue weighted by molar-refractivity contribution is -0.141. The number of nitriles is 1. The third-order valence-corrected chi connectivity index (χ3v) is 6.16. The lowest BCUT2D eigenvalue weighted by Crippen LogP contribution is -2.44. The second kappa shape index (κ2) is 10.2. The maximum atomic E-state index is 13.4. The lowest BCUT2D eigenvalue weighted by atomic mass is 9.92. The van der Waals surface area contributed by atoms with Crippen molar-refractivity contribution < 1.29 is 14.3 Å². The molecule has 2 heterocycles. The number of aromatic nitrogens is 2. The molecule has 1 aromatic heterocycles. The van der Waals surface area contributed by atoms with Crippen LogP contribution in [0.2, 0.25) is 5.02 Å². The second-order valence-corrected chi connectivity index (χ2v) is 9.25. The number of halogens is 1. The second-order valence-electron chi connectivity index (χ2n) is 8.85. The van der Waals surface area contributed by atoms with Crippen LogP contribution in [0.5, 0.6) is 5.75 Å². The van der Waals surface area contributed by atoms with Crippen LogP contribution in [0, 0.1) is 17.2 Å². The minimum Gasteiger partial charge on any atom is -0.495 e. The van der Waals surface area contributed by atoms with Gasteiger partial charge in [-0.25, -0.2) is 4.68 Å². The molecule has 0 radical (unpaired) electrons. The van der Waals surface area contributed by atoms with E-state index in [9.17, 15) is 14.9 Å². The van der Waals surface area contributed by atoms with E-state index in [2.05, 4.69) is 0 Å². The quantitative estimate of drug-likeness (QED) is 0.331. The Morgan fingerprint density at radius 2 is 1.86 bits per heavy atom. The number of para-hydroxylation sites is 1. The van der Waals surface area contributed by atoms with E-state index in [1.807, 2.05) is 62.5 Å². The van der Waals surface area contributed by atoms with E-state index < -0.39 is 11.8 Å². The average Bonchev–Trinajstić information content (AvgIpc) is 3.29. The van der Waals surface area contributed by atoms with Crippen LogP contribution in [0.4, 0.5) is 0 Å². The van der Waals surface area contributed by atoms with E-state index in [1.54, 1.807) is 36.9 Å². The summed E-state index contributed by atoms with van der Waals surface area (Å²) in [6.45, 7) is 5.67. The molecule has 0 bridgehead atoms. The van der Waals surface area contributed by atoms with Gasteiger partial charge in [-0.2, -0.15) is 10.4 Å². The van der Waals surface area contributed by atoms with Gasteiger partial charge in [0.1, 0.15) is 23.1 Å². The fraction of sp³-hybridized carbons (Fsp3) is 0.214. The first kappa shape index (κ1) is 25.0. The molecule has 0 fully saturated rings. The van der Waals surface area contributed by atoms with E-state index in [0.717, 1.165) is 16.2 Å². The van der Waals surface area contributed by atoms with Crippen molar-refractivity contribution in [3.05, 3.63) is 82.0 Å². The van der Waals surface area contributed by atoms with Crippen LogP contribution in [0.1, 0.15) is 26.3 Å². The maximum Gasteiger partial charge on any atom is 0.271 e. The van der Waals surface area contributed by atoms with Gasteiger partial charge in [-0.3, -0.25) is 14.5 Å². The Morgan fingerprint density at radius 3 is 2.47 bits per heavy atom. The molecule has 36 heavy (non-hydrogen) atoms. The van der Waals surface area contributed by atoms with Crippen molar-refractivity contribution in [1.82, 2.24) is 14.7 Å². The molecule has 0 saturated heterocycles. The Kier molecular flexibility index (Phi) is 7.09. The minimum absolute atomic E-state index is 0.0361. The number of ether oxygens (including phenoxy) is 1. The summed E-state index contributed by atoms with van der Waals surface area (Å²) < 4.78 is 7.00. The van der Waals surface area contributed by atoms with E-state index >= 15 is 0 Å². The van der Waals surface area contributed by atoms with Crippen molar-refractivity contribution in [2.75, 3.05) is 13.7 Å². The molecule has 0 N–H and O–H groups in total. The van der Waals surface area contributed by atoms with E-state index in [-0.39, 0.29) is 23.6 Å². The SMILES string of the molecule is COc1ccc(-c2nn(-c3ccccc3)cc2/C=C2/C(=O)N(CC(C)C)C(=O)C(C#N)=C2C)cc1Cl. The van der Waals surface area contributed by atoms with Crippen molar-refractivity contribution in [3.8, 4) is 28.8 Å². The molecule has 0 atom stereocenters. The Hall–Kier alpha value is -4.15. The summed E-state index contributed by atoms with van der Waals surface area (Å²) in [6.07, 6.45) is 3.50. The molecule has 1 aliphatic rings. The van der Waals surface area contributed by atoms with Gasteiger partial charge < -0.3 is 4.74 Å². The third kappa shape index (κ3) is 4.68. The zero-order valence-corrected chi connectivity index (χ0v) is 21.2. The summed E-state index contributed by atoms with van der Waals surface area (Å²) in [5, 5.41) is 14.9.